The van der Waals surface area contributed by atoms with E-state index < -0.39 is 0 Å². The molecule has 3 heterocycles. The quantitative estimate of drug-likeness (QED) is 0.835. The highest BCUT2D eigenvalue weighted by Gasteiger charge is 2.30. The monoisotopic (exact) mass is 335 g/mol. The van der Waals surface area contributed by atoms with Gasteiger partial charge in [0, 0.05) is 19.5 Å². The summed E-state index contributed by atoms with van der Waals surface area (Å²) in [4.78, 5) is 19.6. The van der Waals surface area contributed by atoms with E-state index in [0.29, 0.717) is 23.0 Å². The summed E-state index contributed by atoms with van der Waals surface area (Å²) in [7, 11) is 0. The maximum Gasteiger partial charge on any atom is 0.267 e. The molecule has 1 amide bonds. The van der Waals surface area contributed by atoms with E-state index in [2.05, 4.69) is 26.7 Å². The Bertz CT molecular complexity index is 668. The van der Waals surface area contributed by atoms with E-state index in [1.807, 2.05) is 11.8 Å². The van der Waals surface area contributed by atoms with E-state index in [-0.39, 0.29) is 11.8 Å². The minimum absolute atomic E-state index is 0.00733. The summed E-state index contributed by atoms with van der Waals surface area (Å²) in [5, 5.41) is 7.98. The SMILES string of the molecule is CCCCc1noc([C@H]2CCCN(C(=O)c3snnc3C)C2)n1. The molecule has 2 aromatic rings. The van der Waals surface area contributed by atoms with Crippen molar-refractivity contribution in [3.8, 4) is 0 Å². The molecule has 0 aromatic carbocycles. The van der Waals surface area contributed by atoms with Crippen molar-refractivity contribution in [2.75, 3.05) is 13.1 Å². The minimum Gasteiger partial charge on any atom is -0.339 e. The molecule has 0 saturated carbocycles. The third-order valence-electron chi connectivity index (χ3n) is 4.14. The summed E-state index contributed by atoms with van der Waals surface area (Å²) in [5.74, 6) is 1.56. The van der Waals surface area contributed by atoms with E-state index in [1.54, 1.807) is 0 Å². The number of carbonyl (C=O) groups excluding carboxylic acids is 1. The molecule has 7 nitrogen and oxygen atoms in total. The standard InChI is InChI=1S/C15H21N5O2S/c1-3-4-7-12-16-14(22-18-12)11-6-5-8-20(9-11)15(21)13-10(2)17-19-23-13/h11H,3-9H2,1-2H3/t11-/m0/s1. The number of amides is 1. The second-order valence-corrected chi connectivity index (χ2v) is 6.68. The number of hydrogen-bond donors (Lipinski definition) is 0. The molecule has 0 bridgehead atoms. The number of likely N-dealkylation sites (tertiary alicyclic amines) is 1. The Morgan fingerprint density at radius 3 is 3.09 bits per heavy atom. The van der Waals surface area contributed by atoms with E-state index in [1.165, 1.54) is 0 Å². The van der Waals surface area contributed by atoms with Crippen LogP contribution in [0.25, 0.3) is 0 Å². The number of unbranched alkanes of at least 4 members (excludes halogenated alkanes) is 1. The molecule has 0 spiro atoms. The molecule has 23 heavy (non-hydrogen) atoms. The number of hydrogen-bond acceptors (Lipinski definition) is 7. The van der Waals surface area contributed by atoms with Gasteiger partial charge in [0.15, 0.2) is 5.82 Å². The van der Waals surface area contributed by atoms with Gasteiger partial charge >= 0.3 is 0 Å². The summed E-state index contributed by atoms with van der Waals surface area (Å²) >= 11 is 1.16. The number of aryl methyl sites for hydroxylation is 2. The predicted molar refractivity (Wildman–Crippen MR) is 85.4 cm³/mol. The van der Waals surface area contributed by atoms with E-state index in [4.69, 9.17) is 4.52 Å². The number of carbonyl (C=O) groups is 1. The Balaban J connectivity index is 1.67. The fraction of sp³-hybridized carbons (Fsp3) is 0.667. The van der Waals surface area contributed by atoms with Crippen LogP contribution in [0.5, 0.6) is 0 Å². The molecule has 1 fully saturated rings. The molecular weight excluding hydrogens is 314 g/mol. The van der Waals surface area contributed by atoms with Gasteiger partial charge in [-0.1, -0.05) is 23.0 Å². The zero-order valence-corrected chi connectivity index (χ0v) is 14.3. The van der Waals surface area contributed by atoms with Crippen molar-refractivity contribution in [3.05, 3.63) is 22.3 Å². The molecule has 1 saturated heterocycles. The van der Waals surface area contributed by atoms with E-state index in [0.717, 1.165) is 56.0 Å². The second kappa shape index (κ2) is 7.16. The highest BCUT2D eigenvalue weighted by atomic mass is 32.1. The van der Waals surface area contributed by atoms with Crippen molar-refractivity contribution in [2.45, 2.75) is 51.9 Å². The Morgan fingerprint density at radius 2 is 2.35 bits per heavy atom. The zero-order chi connectivity index (χ0) is 16.2. The fourth-order valence-corrected chi connectivity index (χ4v) is 3.43. The summed E-state index contributed by atoms with van der Waals surface area (Å²) in [5.41, 5.74) is 0.696. The smallest absolute Gasteiger partial charge is 0.267 e. The predicted octanol–water partition coefficient (Wildman–Crippen LogP) is 2.59. The highest BCUT2D eigenvalue weighted by molar-refractivity contribution is 7.07. The van der Waals surface area contributed by atoms with Crippen molar-refractivity contribution < 1.29 is 9.32 Å². The van der Waals surface area contributed by atoms with Crippen LogP contribution >= 0.6 is 11.5 Å². The minimum atomic E-state index is 0.00733. The van der Waals surface area contributed by atoms with E-state index >= 15 is 0 Å². The lowest BCUT2D eigenvalue weighted by Gasteiger charge is -2.30. The van der Waals surface area contributed by atoms with Gasteiger partial charge in [-0.25, -0.2) is 0 Å². The van der Waals surface area contributed by atoms with Crippen molar-refractivity contribution in [1.29, 1.82) is 0 Å². The molecule has 1 atom stereocenters. The van der Waals surface area contributed by atoms with Crippen LogP contribution in [-0.2, 0) is 6.42 Å². The molecule has 3 rings (SSSR count). The first-order valence-electron chi connectivity index (χ1n) is 8.09. The Labute approximate surface area is 139 Å². The van der Waals surface area contributed by atoms with Gasteiger partial charge in [-0.2, -0.15) is 4.98 Å². The number of piperidine rings is 1. The van der Waals surface area contributed by atoms with Crippen LogP contribution in [0.2, 0.25) is 0 Å². The van der Waals surface area contributed by atoms with Gasteiger partial charge in [-0.15, -0.1) is 5.10 Å². The largest absolute Gasteiger partial charge is 0.339 e. The lowest BCUT2D eigenvalue weighted by molar-refractivity contribution is 0.0699. The molecule has 0 N–H and O–H groups in total. The first kappa shape index (κ1) is 16.0. The van der Waals surface area contributed by atoms with Gasteiger partial charge in [-0.05, 0) is 37.7 Å². The average Bonchev–Trinajstić information content (AvgIpc) is 3.21. The molecule has 2 aromatic heterocycles. The van der Waals surface area contributed by atoms with Gasteiger partial charge in [0.05, 0.1) is 11.6 Å². The second-order valence-electron chi connectivity index (χ2n) is 5.93. The molecule has 124 valence electrons. The van der Waals surface area contributed by atoms with Gasteiger partial charge in [0.2, 0.25) is 5.89 Å². The van der Waals surface area contributed by atoms with E-state index in [9.17, 15) is 4.79 Å². The molecule has 1 aliphatic heterocycles. The average molecular weight is 335 g/mol. The maximum atomic E-state index is 12.6. The fourth-order valence-electron chi connectivity index (χ4n) is 2.80. The molecule has 8 heteroatoms. The van der Waals surface area contributed by atoms with Crippen LogP contribution in [-0.4, -0.2) is 43.6 Å². The van der Waals surface area contributed by atoms with Crippen molar-refractivity contribution in [1.82, 2.24) is 24.6 Å². The van der Waals surface area contributed by atoms with Crippen LogP contribution in [0, 0.1) is 6.92 Å². The Morgan fingerprint density at radius 1 is 1.48 bits per heavy atom. The lowest BCUT2D eigenvalue weighted by atomic mass is 9.97. The van der Waals surface area contributed by atoms with Crippen LogP contribution in [0.4, 0.5) is 0 Å². The number of rotatable bonds is 5. The normalized spacial score (nSPS) is 18.3. The summed E-state index contributed by atoms with van der Waals surface area (Å²) in [6.07, 6.45) is 4.93. The van der Waals surface area contributed by atoms with Gasteiger partial charge < -0.3 is 9.42 Å². The molecular formula is C15H21N5O2S. The van der Waals surface area contributed by atoms with Crippen molar-refractivity contribution in [2.24, 2.45) is 0 Å². The van der Waals surface area contributed by atoms with Crippen LogP contribution in [0.3, 0.4) is 0 Å². The maximum absolute atomic E-state index is 12.6. The van der Waals surface area contributed by atoms with Crippen molar-refractivity contribution in [3.63, 3.8) is 0 Å². The Hall–Kier alpha value is -1.83. The summed E-state index contributed by atoms with van der Waals surface area (Å²) in [6, 6.07) is 0. The topological polar surface area (TPSA) is 85.0 Å². The van der Waals surface area contributed by atoms with Gasteiger partial charge in [0.1, 0.15) is 4.88 Å². The third kappa shape index (κ3) is 3.57. The highest BCUT2D eigenvalue weighted by Crippen LogP contribution is 2.27. The molecule has 0 radical (unpaired) electrons. The van der Waals surface area contributed by atoms with Gasteiger partial charge in [-0.3, -0.25) is 4.79 Å². The van der Waals surface area contributed by atoms with Crippen molar-refractivity contribution >= 4 is 17.4 Å². The first-order chi connectivity index (χ1) is 11.2. The summed E-state index contributed by atoms with van der Waals surface area (Å²) in [6.45, 7) is 5.33. The zero-order valence-electron chi connectivity index (χ0n) is 13.5. The Kier molecular flexibility index (Phi) is 5.00. The first-order valence-corrected chi connectivity index (χ1v) is 8.87. The van der Waals surface area contributed by atoms with Gasteiger partial charge in [0.25, 0.3) is 5.91 Å². The lowest BCUT2D eigenvalue weighted by Crippen LogP contribution is -2.39. The summed E-state index contributed by atoms with van der Waals surface area (Å²) < 4.78 is 9.27. The molecule has 0 aliphatic carbocycles. The van der Waals surface area contributed by atoms with Crippen LogP contribution in [0.1, 0.15) is 65.6 Å². The third-order valence-corrected chi connectivity index (χ3v) is 4.96. The number of aromatic nitrogens is 4. The van der Waals surface area contributed by atoms with Crippen LogP contribution in [0.15, 0.2) is 4.52 Å². The molecule has 1 aliphatic rings. The van der Waals surface area contributed by atoms with Crippen LogP contribution < -0.4 is 0 Å². The molecule has 0 unspecified atom stereocenters. The number of nitrogens with zero attached hydrogens (tertiary/aromatic N) is 5.